The van der Waals surface area contributed by atoms with Gasteiger partial charge < -0.3 is 15.8 Å². The quantitative estimate of drug-likeness (QED) is 0.874. The molecule has 1 aliphatic rings. The number of hydrogen-bond donors (Lipinski definition) is 2. The number of benzene rings is 1. The minimum absolute atomic E-state index is 0.0247. The van der Waals surface area contributed by atoms with E-state index >= 15 is 0 Å². The van der Waals surface area contributed by atoms with Gasteiger partial charge in [0.05, 0.1) is 12.0 Å². The van der Waals surface area contributed by atoms with Crippen LogP contribution in [0.1, 0.15) is 24.8 Å². The van der Waals surface area contributed by atoms with Crippen molar-refractivity contribution in [1.29, 1.82) is 0 Å². The van der Waals surface area contributed by atoms with Crippen molar-refractivity contribution in [3.8, 4) is 0 Å². The number of hydrogen-bond acceptors (Lipinski definition) is 3. The van der Waals surface area contributed by atoms with Crippen molar-refractivity contribution < 1.29 is 9.53 Å². The average Bonchev–Trinajstić information content (AvgIpc) is 2.33. The summed E-state index contributed by atoms with van der Waals surface area (Å²) in [5, 5.41) is 3.00. The second kappa shape index (κ2) is 6.03. The molecule has 0 heterocycles. The normalized spacial score (nSPS) is 16.8. The molecule has 1 amide bonds. The van der Waals surface area contributed by atoms with Crippen LogP contribution in [0.4, 0.5) is 5.69 Å². The lowest BCUT2D eigenvalue weighted by Gasteiger charge is -2.39. The first-order valence-electron chi connectivity index (χ1n) is 6.41. The van der Waals surface area contributed by atoms with Crippen molar-refractivity contribution in [2.45, 2.75) is 25.9 Å². The van der Waals surface area contributed by atoms with Crippen molar-refractivity contribution in [2.24, 2.45) is 11.1 Å². The molecule has 0 aliphatic heterocycles. The molecular formula is C14H19BrN2O2. The SMILES string of the molecule is COCc1c(Br)cccc1NC(=O)C1(CN)CCC1. The molecule has 0 aromatic heterocycles. The van der Waals surface area contributed by atoms with E-state index in [0.717, 1.165) is 35.0 Å². The highest BCUT2D eigenvalue weighted by molar-refractivity contribution is 9.10. The second-order valence-electron chi connectivity index (χ2n) is 4.99. The van der Waals surface area contributed by atoms with E-state index in [9.17, 15) is 4.79 Å². The van der Waals surface area contributed by atoms with Gasteiger partial charge in [-0.15, -0.1) is 0 Å². The fraction of sp³-hybridized carbons (Fsp3) is 0.500. The van der Waals surface area contributed by atoms with Crippen LogP contribution in [0.2, 0.25) is 0 Å². The van der Waals surface area contributed by atoms with Gasteiger partial charge in [0, 0.05) is 29.4 Å². The second-order valence-corrected chi connectivity index (χ2v) is 5.85. The van der Waals surface area contributed by atoms with Crippen LogP contribution in [-0.2, 0) is 16.1 Å². The molecule has 1 aromatic rings. The zero-order valence-corrected chi connectivity index (χ0v) is 12.6. The summed E-state index contributed by atoms with van der Waals surface area (Å²) in [6, 6.07) is 5.72. The summed E-state index contributed by atoms with van der Waals surface area (Å²) in [6.45, 7) is 0.860. The van der Waals surface area contributed by atoms with E-state index in [1.165, 1.54) is 0 Å². The third-order valence-electron chi connectivity index (χ3n) is 3.84. The first-order chi connectivity index (χ1) is 9.13. The molecule has 0 atom stereocenters. The van der Waals surface area contributed by atoms with E-state index < -0.39 is 0 Å². The van der Waals surface area contributed by atoms with Gasteiger partial charge in [0.2, 0.25) is 5.91 Å². The molecule has 19 heavy (non-hydrogen) atoms. The summed E-state index contributed by atoms with van der Waals surface area (Å²) in [4.78, 5) is 12.4. The van der Waals surface area contributed by atoms with Crippen LogP contribution in [-0.4, -0.2) is 19.6 Å². The molecule has 0 radical (unpaired) electrons. The number of carbonyl (C=O) groups is 1. The number of carbonyl (C=O) groups excluding carboxylic acids is 1. The maximum absolute atomic E-state index is 12.4. The Bertz CT molecular complexity index is 467. The largest absolute Gasteiger partial charge is 0.380 e. The molecule has 104 valence electrons. The van der Waals surface area contributed by atoms with Crippen molar-refractivity contribution in [3.05, 3.63) is 28.2 Å². The highest BCUT2D eigenvalue weighted by atomic mass is 79.9. The minimum atomic E-state index is -0.368. The van der Waals surface area contributed by atoms with E-state index in [-0.39, 0.29) is 11.3 Å². The lowest BCUT2D eigenvalue weighted by molar-refractivity contribution is -0.129. The molecular weight excluding hydrogens is 308 g/mol. The molecule has 2 rings (SSSR count). The van der Waals surface area contributed by atoms with Crippen LogP contribution in [0.5, 0.6) is 0 Å². The summed E-state index contributed by atoms with van der Waals surface area (Å²) >= 11 is 3.48. The molecule has 0 bridgehead atoms. The number of rotatable bonds is 5. The van der Waals surface area contributed by atoms with Crippen LogP contribution in [0, 0.1) is 5.41 Å². The van der Waals surface area contributed by atoms with Gasteiger partial charge in [-0.2, -0.15) is 0 Å². The number of methoxy groups -OCH3 is 1. The average molecular weight is 327 g/mol. The van der Waals surface area contributed by atoms with Crippen LogP contribution < -0.4 is 11.1 Å². The Labute approximate surface area is 121 Å². The van der Waals surface area contributed by atoms with E-state index in [2.05, 4.69) is 21.2 Å². The summed E-state index contributed by atoms with van der Waals surface area (Å²) in [5.41, 5.74) is 7.13. The molecule has 3 N–H and O–H groups in total. The number of halogens is 1. The summed E-state index contributed by atoms with van der Waals surface area (Å²) < 4.78 is 6.11. The van der Waals surface area contributed by atoms with Crippen LogP contribution in [0.25, 0.3) is 0 Å². The zero-order valence-electron chi connectivity index (χ0n) is 11.0. The summed E-state index contributed by atoms with van der Waals surface area (Å²) in [6.07, 6.45) is 2.83. The van der Waals surface area contributed by atoms with Crippen molar-refractivity contribution in [1.82, 2.24) is 0 Å². The Morgan fingerprint density at radius 1 is 1.53 bits per heavy atom. The highest BCUT2D eigenvalue weighted by Gasteiger charge is 2.42. The topological polar surface area (TPSA) is 64.3 Å². The van der Waals surface area contributed by atoms with Gasteiger partial charge in [0.15, 0.2) is 0 Å². The van der Waals surface area contributed by atoms with Gasteiger partial charge in [-0.25, -0.2) is 0 Å². The van der Waals surface area contributed by atoms with Gasteiger partial charge >= 0.3 is 0 Å². The number of amides is 1. The van der Waals surface area contributed by atoms with Gasteiger partial charge in [-0.1, -0.05) is 28.4 Å². The Morgan fingerprint density at radius 3 is 2.79 bits per heavy atom. The standard InChI is InChI=1S/C14H19BrN2O2/c1-19-8-10-11(15)4-2-5-12(10)17-13(18)14(9-16)6-3-7-14/h2,4-5H,3,6-9,16H2,1H3,(H,17,18). The Kier molecular flexibility index (Phi) is 4.60. The first-order valence-corrected chi connectivity index (χ1v) is 7.20. The van der Waals surface area contributed by atoms with Gasteiger partial charge in [0.1, 0.15) is 0 Å². The maximum Gasteiger partial charge on any atom is 0.231 e. The van der Waals surface area contributed by atoms with Gasteiger partial charge in [-0.3, -0.25) is 4.79 Å². The summed E-state index contributed by atoms with van der Waals surface area (Å²) in [7, 11) is 1.64. The maximum atomic E-state index is 12.4. The third-order valence-corrected chi connectivity index (χ3v) is 4.58. The summed E-state index contributed by atoms with van der Waals surface area (Å²) in [5.74, 6) is 0.0247. The predicted molar refractivity (Wildman–Crippen MR) is 78.8 cm³/mol. The molecule has 1 fully saturated rings. The van der Waals surface area contributed by atoms with Gasteiger partial charge in [0.25, 0.3) is 0 Å². The Balaban J connectivity index is 2.19. The zero-order chi connectivity index (χ0) is 13.9. The third kappa shape index (κ3) is 2.83. The van der Waals surface area contributed by atoms with Crippen molar-refractivity contribution in [2.75, 3.05) is 19.0 Å². The fourth-order valence-electron chi connectivity index (χ4n) is 2.35. The van der Waals surface area contributed by atoms with Crippen LogP contribution in [0.3, 0.4) is 0 Å². The smallest absolute Gasteiger partial charge is 0.231 e. The molecule has 4 nitrogen and oxygen atoms in total. The number of nitrogens with two attached hydrogens (primary N) is 1. The van der Waals surface area contributed by atoms with Crippen LogP contribution in [0.15, 0.2) is 22.7 Å². The monoisotopic (exact) mass is 326 g/mol. The fourth-order valence-corrected chi connectivity index (χ4v) is 2.83. The predicted octanol–water partition coefficient (Wildman–Crippen LogP) is 2.66. The molecule has 1 aromatic carbocycles. The molecule has 5 heteroatoms. The molecule has 0 unspecified atom stereocenters. The van der Waals surface area contributed by atoms with E-state index in [1.807, 2.05) is 18.2 Å². The van der Waals surface area contributed by atoms with E-state index in [1.54, 1.807) is 7.11 Å². The highest BCUT2D eigenvalue weighted by Crippen LogP contribution is 2.41. The Hall–Kier alpha value is -0.910. The minimum Gasteiger partial charge on any atom is -0.380 e. The first kappa shape index (κ1) is 14.5. The number of anilines is 1. The van der Waals surface area contributed by atoms with Crippen molar-refractivity contribution >= 4 is 27.5 Å². The lowest BCUT2D eigenvalue weighted by atomic mass is 9.68. The van der Waals surface area contributed by atoms with E-state index in [4.69, 9.17) is 10.5 Å². The molecule has 0 saturated heterocycles. The number of ether oxygens (including phenoxy) is 1. The Morgan fingerprint density at radius 2 is 2.26 bits per heavy atom. The van der Waals surface area contributed by atoms with Gasteiger partial charge in [-0.05, 0) is 25.0 Å². The van der Waals surface area contributed by atoms with E-state index in [0.29, 0.717) is 13.2 Å². The van der Waals surface area contributed by atoms with Crippen molar-refractivity contribution in [3.63, 3.8) is 0 Å². The molecule has 1 saturated carbocycles. The molecule has 1 aliphatic carbocycles. The lowest BCUT2D eigenvalue weighted by Crippen LogP contribution is -2.47. The molecule has 0 spiro atoms. The van der Waals surface area contributed by atoms with Crippen LogP contribution >= 0.6 is 15.9 Å². The number of nitrogens with one attached hydrogen (secondary N) is 1.